The zero-order valence-corrected chi connectivity index (χ0v) is 39.4. The topological polar surface area (TPSA) is 95.9 Å². The molecule has 0 heterocycles. The number of unbranched alkanes of at least 4 members (excludes halogenated alkanes) is 28. The molecule has 3 N–H and O–H groups in total. The van der Waals surface area contributed by atoms with Crippen LogP contribution < -0.4 is 5.32 Å². The minimum absolute atomic E-state index is 0.0320. The molecule has 0 radical (unpaired) electrons. The van der Waals surface area contributed by atoms with Crippen LogP contribution in [0.1, 0.15) is 245 Å². The summed E-state index contributed by atoms with van der Waals surface area (Å²) in [5, 5.41) is 22.9. The molecule has 0 aromatic rings. The highest BCUT2D eigenvalue weighted by Crippen LogP contribution is 2.14. The molecule has 0 aliphatic rings. The standard InChI is InChI=1S/C54H97NO5/c1-3-5-7-9-11-13-15-16-17-18-21-24-28-32-36-40-44-48-54(59)60-49-45-41-37-33-29-25-22-19-20-23-27-31-35-39-43-47-53(58)55-51(50-56)52(57)46-42-38-34-30-26-14-12-10-8-6-4-2/h11,13,16-17,19,22,25,29,42,46,51-52,56-57H,3-10,12,14-15,18,20-21,23-24,26-28,30-41,43-45,47-50H2,1-2H3,(H,55,58)/b13-11-,17-16-,22-19-,29-25-,46-42+. The summed E-state index contributed by atoms with van der Waals surface area (Å²) in [5.41, 5.74) is 0. The Morgan fingerprint density at radius 1 is 0.483 bits per heavy atom. The Hall–Kier alpha value is -2.44. The van der Waals surface area contributed by atoms with Crippen LogP contribution in [0.4, 0.5) is 0 Å². The van der Waals surface area contributed by atoms with Gasteiger partial charge in [-0.2, -0.15) is 0 Å². The zero-order valence-electron chi connectivity index (χ0n) is 39.4. The van der Waals surface area contributed by atoms with Gasteiger partial charge in [0, 0.05) is 12.8 Å². The van der Waals surface area contributed by atoms with Crippen molar-refractivity contribution in [2.75, 3.05) is 13.2 Å². The molecule has 0 fully saturated rings. The van der Waals surface area contributed by atoms with Gasteiger partial charge in [-0.05, 0) is 96.3 Å². The van der Waals surface area contributed by atoms with Gasteiger partial charge in [-0.25, -0.2) is 0 Å². The lowest BCUT2D eigenvalue weighted by molar-refractivity contribution is -0.143. The predicted molar refractivity (Wildman–Crippen MR) is 259 cm³/mol. The number of aliphatic hydroxyl groups is 2. The van der Waals surface area contributed by atoms with Crippen LogP contribution in [0.25, 0.3) is 0 Å². The van der Waals surface area contributed by atoms with Crippen molar-refractivity contribution in [3.05, 3.63) is 60.8 Å². The van der Waals surface area contributed by atoms with Crippen molar-refractivity contribution < 1.29 is 24.5 Å². The maximum Gasteiger partial charge on any atom is 0.305 e. The Morgan fingerprint density at radius 3 is 1.40 bits per heavy atom. The van der Waals surface area contributed by atoms with Gasteiger partial charge in [0.25, 0.3) is 0 Å². The Kier molecular flexibility index (Phi) is 47.2. The second-order valence-electron chi connectivity index (χ2n) is 17.2. The van der Waals surface area contributed by atoms with Gasteiger partial charge in [-0.1, -0.05) is 197 Å². The van der Waals surface area contributed by atoms with Crippen LogP contribution in [0.15, 0.2) is 60.8 Å². The first kappa shape index (κ1) is 57.6. The molecule has 2 unspecified atom stereocenters. The third-order valence-electron chi connectivity index (χ3n) is 11.3. The average molecular weight is 840 g/mol. The van der Waals surface area contributed by atoms with Crippen LogP contribution in [0, 0.1) is 0 Å². The van der Waals surface area contributed by atoms with E-state index < -0.39 is 12.1 Å². The fourth-order valence-electron chi connectivity index (χ4n) is 7.30. The van der Waals surface area contributed by atoms with Gasteiger partial charge in [-0.3, -0.25) is 9.59 Å². The van der Waals surface area contributed by atoms with Crippen LogP contribution in [0.3, 0.4) is 0 Å². The summed E-state index contributed by atoms with van der Waals surface area (Å²) in [6, 6.07) is -0.644. The van der Waals surface area contributed by atoms with Crippen molar-refractivity contribution >= 4 is 11.9 Å². The first-order chi connectivity index (χ1) is 29.5. The number of carbonyl (C=O) groups is 2. The molecular formula is C54H97NO5. The molecule has 0 saturated carbocycles. The highest BCUT2D eigenvalue weighted by Gasteiger charge is 2.18. The van der Waals surface area contributed by atoms with Crippen LogP contribution >= 0.6 is 0 Å². The summed E-state index contributed by atoms with van der Waals surface area (Å²) in [4.78, 5) is 24.4. The maximum atomic E-state index is 12.4. The first-order valence-electron chi connectivity index (χ1n) is 25.6. The van der Waals surface area contributed by atoms with E-state index in [4.69, 9.17) is 4.74 Å². The number of hydrogen-bond acceptors (Lipinski definition) is 5. The van der Waals surface area contributed by atoms with Gasteiger partial charge in [0.2, 0.25) is 5.91 Å². The molecule has 0 rings (SSSR count). The van der Waals surface area contributed by atoms with E-state index in [0.29, 0.717) is 19.4 Å². The smallest absolute Gasteiger partial charge is 0.305 e. The zero-order chi connectivity index (χ0) is 43.7. The number of nitrogens with one attached hydrogen (secondary N) is 1. The van der Waals surface area contributed by atoms with Crippen molar-refractivity contribution in [1.29, 1.82) is 0 Å². The van der Waals surface area contributed by atoms with E-state index in [0.717, 1.165) is 83.5 Å². The molecule has 0 saturated heterocycles. The van der Waals surface area contributed by atoms with E-state index in [9.17, 15) is 19.8 Å². The number of amides is 1. The molecule has 0 aliphatic carbocycles. The minimum Gasteiger partial charge on any atom is -0.466 e. The number of carbonyl (C=O) groups excluding carboxylic acids is 2. The Balaban J connectivity index is 3.55. The molecule has 0 bridgehead atoms. The maximum absolute atomic E-state index is 12.4. The third-order valence-corrected chi connectivity index (χ3v) is 11.3. The minimum atomic E-state index is -0.859. The second-order valence-corrected chi connectivity index (χ2v) is 17.2. The van der Waals surface area contributed by atoms with Gasteiger partial charge in [-0.15, -0.1) is 0 Å². The molecule has 348 valence electrons. The molecule has 2 atom stereocenters. The molecule has 60 heavy (non-hydrogen) atoms. The number of rotatable bonds is 46. The lowest BCUT2D eigenvalue weighted by Crippen LogP contribution is -2.45. The molecule has 6 heteroatoms. The van der Waals surface area contributed by atoms with Crippen molar-refractivity contribution in [1.82, 2.24) is 5.32 Å². The van der Waals surface area contributed by atoms with E-state index in [1.807, 2.05) is 6.08 Å². The monoisotopic (exact) mass is 840 g/mol. The molecule has 0 aromatic carbocycles. The molecule has 1 amide bonds. The van der Waals surface area contributed by atoms with Crippen LogP contribution in [-0.4, -0.2) is 47.4 Å². The van der Waals surface area contributed by atoms with Crippen molar-refractivity contribution in [3.8, 4) is 0 Å². The first-order valence-corrected chi connectivity index (χ1v) is 25.6. The SMILES string of the molecule is CCCCC/C=C\C/C=C\CCCCCCCCCC(=O)OCCCCC/C=C\C=C/CCCCCCCCC(=O)NC(CO)C(O)/C=C/CCCCCCCCCCC. The molecule has 0 aromatic heterocycles. The van der Waals surface area contributed by atoms with Gasteiger partial charge in [0.15, 0.2) is 0 Å². The number of aliphatic hydroxyl groups excluding tert-OH is 2. The highest BCUT2D eigenvalue weighted by molar-refractivity contribution is 5.76. The normalized spacial score (nSPS) is 13.2. The van der Waals surface area contributed by atoms with E-state index in [1.54, 1.807) is 6.08 Å². The summed E-state index contributed by atoms with van der Waals surface area (Å²) in [6.45, 7) is 4.79. The van der Waals surface area contributed by atoms with Crippen LogP contribution in [-0.2, 0) is 14.3 Å². The van der Waals surface area contributed by atoms with Gasteiger partial charge in [0.1, 0.15) is 0 Å². The Labute approximate surface area is 371 Å². The van der Waals surface area contributed by atoms with Crippen LogP contribution in [0.2, 0.25) is 0 Å². The van der Waals surface area contributed by atoms with E-state index >= 15 is 0 Å². The summed E-state index contributed by atoms with van der Waals surface area (Å²) >= 11 is 0. The third kappa shape index (κ3) is 45.1. The summed E-state index contributed by atoms with van der Waals surface area (Å²) < 4.78 is 5.44. The van der Waals surface area contributed by atoms with Crippen molar-refractivity contribution in [3.63, 3.8) is 0 Å². The van der Waals surface area contributed by atoms with Crippen molar-refractivity contribution in [2.45, 2.75) is 257 Å². The Morgan fingerprint density at radius 2 is 0.883 bits per heavy atom. The quantitative estimate of drug-likeness (QED) is 0.0246. The van der Waals surface area contributed by atoms with Gasteiger partial charge in [0.05, 0.1) is 25.4 Å². The number of ether oxygens (including phenoxy) is 1. The highest BCUT2D eigenvalue weighted by atomic mass is 16.5. The predicted octanol–water partition coefficient (Wildman–Crippen LogP) is 15.2. The molecule has 6 nitrogen and oxygen atoms in total. The summed E-state index contributed by atoms with van der Waals surface area (Å²) in [7, 11) is 0. The fraction of sp³-hybridized carbons (Fsp3) is 0.778. The average Bonchev–Trinajstić information content (AvgIpc) is 3.25. The van der Waals surface area contributed by atoms with Crippen LogP contribution in [0.5, 0.6) is 0 Å². The molecule has 0 aliphatic heterocycles. The fourth-order valence-corrected chi connectivity index (χ4v) is 7.30. The molecular weight excluding hydrogens is 743 g/mol. The summed E-state index contributed by atoms with van der Waals surface area (Å²) in [6.07, 6.45) is 62.2. The lowest BCUT2D eigenvalue weighted by Gasteiger charge is -2.20. The second kappa shape index (κ2) is 49.2. The Bertz CT molecular complexity index is 1060. The van der Waals surface area contributed by atoms with E-state index in [-0.39, 0.29) is 18.5 Å². The van der Waals surface area contributed by atoms with Gasteiger partial charge < -0.3 is 20.3 Å². The number of hydrogen-bond donors (Lipinski definition) is 3. The number of esters is 1. The number of allylic oxidation sites excluding steroid dienone is 9. The summed E-state index contributed by atoms with van der Waals surface area (Å²) in [5.74, 6) is -0.126. The van der Waals surface area contributed by atoms with Gasteiger partial charge >= 0.3 is 5.97 Å². The van der Waals surface area contributed by atoms with Crippen molar-refractivity contribution in [2.24, 2.45) is 0 Å². The lowest BCUT2D eigenvalue weighted by atomic mass is 10.1. The van der Waals surface area contributed by atoms with E-state index in [1.165, 1.54) is 135 Å². The largest absolute Gasteiger partial charge is 0.466 e. The van der Waals surface area contributed by atoms with E-state index in [2.05, 4.69) is 67.8 Å². The molecule has 0 spiro atoms.